The summed E-state index contributed by atoms with van der Waals surface area (Å²) in [5.41, 5.74) is 0.111. The van der Waals surface area contributed by atoms with Gasteiger partial charge in [-0.15, -0.1) is 11.8 Å². The second kappa shape index (κ2) is 8.55. The normalized spacial score (nSPS) is 33.1. The molecule has 6 atom stereocenters. The molecule has 0 aliphatic carbocycles. The van der Waals surface area contributed by atoms with Crippen molar-refractivity contribution < 1.29 is 29.4 Å². The lowest BCUT2D eigenvalue weighted by Crippen LogP contribution is -2.63. The Balaban J connectivity index is 1.61. The Morgan fingerprint density at radius 1 is 1.41 bits per heavy atom. The number of nitrogens with zero attached hydrogens (tertiary/aromatic N) is 2. The smallest absolute Gasteiger partial charge is 0.353 e. The summed E-state index contributed by atoms with van der Waals surface area (Å²) in [5.74, 6) is -1.94. The van der Waals surface area contributed by atoms with Crippen LogP contribution in [0.3, 0.4) is 0 Å². The van der Waals surface area contributed by atoms with E-state index in [9.17, 15) is 24.9 Å². The fourth-order valence-corrected chi connectivity index (χ4v) is 6.31. The molecule has 0 aromatic carbocycles. The largest absolute Gasteiger partial charge is 0.477 e. The van der Waals surface area contributed by atoms with Gasteiger partial charge in [0, 0.05) is 28.7 Å². The first-order valence-corrected chi connectivity index (χ1v) is 11.3. The molecule has 0 bridgehead atoms. The van der Waals surface area contributed by atoms with Gasteiger partial charge in [0.2, 0.25) is 5.91 Å². The van der Waals surface area contributed by atoms with Crippen molar-refractivity contribution in [1.29, 1.82) is 0 Å². The van der Waals surface area contributed by atoms with Crippen LogP contribution in [0.2, 0.25) is 0 Å². The highest BCUT2D eigenvalue weighted by Crippen LogP contribution is 2.51. The van der Waals surface area contributed by atoms with E-state index in [1.807, 2.05) is 21.0 Å². The number of amides is 1. The molecule has 0 aromatic rings. The van der Waals surface area contributed by atoms with Gasteiger partial charge in [-0.1, -0.05) is 6.92 Å². The molecule has 3 rings (SSSR count). The predicted molar refractivity (Wildman–Crippen MR) is 111 cm³/mol. The number of thioether (sulfide) groups is 1. The molecule has 0 unspecified atom stereocenters. The van der Waals surface area contributed by atoms with Gasteiger partial charge in [0.1, 0.15) is 5.70 Å². The van der Waals surface area contributed by atoms with E-state index in [2.05, 4.69) is 5.32 Å². The third-order valence-corrected chi connectivity index (χ3v) is 8.00. The number of carbonyl (C=O) groups excluding carboxylic acids is 1. The first-order chi connectivity index (χ1) is 13.6. The number of hydrogen-bond acceptors (Lipinski definition) is 6. The van der Waals surface area contributed by atoms with Crippen molar-refractivity contribution in [2.24, 2.45) is 11.8 Å². The van der Waals surface area contributed by atoms with Gasteiger partial charge in [-0.05, 0) is 26.2 Å². The molecule has 2 saturated heterocycles. The van der Waals surface area contributed by atoms with E-state index in [-0.39, 0.29) is 35.5 Å². The number of fused-ring (bicyclic) bond motifs is 1. The fourth-order valence-electron chi connectivity index (χ4n) is 4.79. The van der Waals surface area contributed by atoms with E-state index in [0.29, 0.717) is 10.5 Å². The van der Waals surface area contributed by atoms with E-state index < -0.39 is 18.0 Å². The van der Waals surface area contributed by atoms with Crippen LogP contribution in [0.4, 0.5) is 0 Å². The number of rotatable bonds is 9. The lowest BCUT2D eigenvalue weighted by Gasteiger charge is -2.46. The number of aliphatic hydroxyl groups excluding tert-OH is 2. The average Bonchev–Trinajstić information content (AvgIpc) is 3.17. The summed E-state index contributed by atoms with van der Waals surface area (Å²) in [4.78, 5) is 26.5. The van der Waals surface area contributed by atoms with Crippen LogP contribution in [0.25, 0.3) is 0 Å². The Morgan fingerprint density at radius 3 is 2.69 bits per heavy atom. The number of β-lactam (4-membered cyclic amide) rings is 1. The summed E-state index contributed by atoms with van der Waals surface area (Å²) in [6.45, 7) is 5.42. The maximum absolute atomic E-state index is 12.4. The zero-order valence-electron chi connectivity index (χ0n) is 17.7. The number of carboxylic acids is 1. The van der Waals surface area contributed by atoms with Gasteiger partial charge < -0.3 is 30.0 Å². The molecule has 3 heterocycles. The van der Waals surface area contributed by atoms with Crippen molar-refractivity contribution in [3.63, 3.8) is 0 Å². The van der Waals surface area contributed by atoms with Crippen LogP contribution >= 0.6 is 11.8 Å². The Bertz CT molecular complexity index is 696. The summed E-state index contributed by atoms with van der Waals surface area (Å²) in [7, 11) is 4.01. The van der Waals surface area contributed by atoms with Crippen molar-refractivity contribution in [1.82, 2.24) is 10.2 Å². The summed E-state index contributed by atoms with van der Waals surface area (Å²) in [6.07, 6.45) is 2.22. The van der Waals surface area contributed by atoms with Crippen LogP contribution in [-0.4, -0.2) is 93.9 Å². The summed E-state index contributed by atoms with van der Waals surface area (Å²) >= 11 is 1.59. The summed E-state index contributed by atoms with van der Waals surface area (Å²) in [6, 6.07) is 0.139. The van der Waals surface area contributed by atoms with E-state index in [0.717, 1.165) is 37.3 Å². The first-order valence-electron chi connectivity index (χ1n) is 10.4. The molecule has 1 amide bonds. The van der Waals surface area contributed by atoms with Crippen molar-refractivity contribution in [2.45, 2.75) is 56.5 Å². The molecule has 9 heteroatoms. The summed E-state index contributed by atoms with van der Waals surface area (Å²) in [5, 5.41) is 32.9. The van der Waals surface area contributed by atoms with Crippen molar-refractivity contribution >= 4 is 23.6 Å². The van der Waals surface area contributed by atoms with Crippen LogP contribution in [0.15, 0.2) is 10.6 Å². The van der Waals surface area contributed by atoms with Gasteiger partial charge in [-0.25, -0.2) is 4.79 Å². The molecule has 0 aromatic heterocycles. The minimum absolute atomic E-state index is 0.0786. The zero-order chi connectivity index (χ0) is 21.5. The third-order valence-electron chi connectivity index (χ3n) is 6.49. The number of aliphatic hydroxyl groups is 2. The molecule has 4 N–H and O–H groups in total. The maximum atomic E-state index is 12.4. The minimum Gasteiger partial charge on any atom is -0.477 e. The molecular weight excluding hydrogens is 394 g/mol. The number of nitrogens with one attached hydrogen (secondary N) is 1. The molecule has 3 aliphatic rings. The van der Waals surface area contributed by atoms with Gasteiger partial charge in [0.25, 0.3) is 0 Å². The topological polar surface area (TPSA) is 110 Å². The van der Waals surface area contributed by atoms with E-state index >= 15 is 0 Å². The SMILES string of the molecule is C[C@@H](O)[C@H]1C(=O)N2C(C(=O)O)=C(S[C@@H]3CN[C@@H](CCC[N+](C)(C)CO)C3)[C@H](C)[C@H]12. The molecule has 0 spiro atoms. The molecular formula is C20H34N3O5S+. The Morgan fingerprint density at radius 2 is 2.10 bits per heavy atom. The minimum atomic E-state index is -1.06. The van der Waals surface area contributed by atoms with Gasteiger partial charge >= 0.3 is 5.97 Å². The Kier molecular flexibility index (Phi) is 6.65. The highest BCUT2D eigenvalue weighted by atomic mass is 32.2. The van der Waals surface area contributed by atoms with Crippen LogP contribution in [0.1, 0.15) is 33.1 Å². The lowest BCUT2D eigenvalue weighted by atomic mass is 9.79. The number of hydrogen-bond donors (Lipinski definition) is 4. The van der Waals surface area contributed by atoms with E-state index in [1.165, 1.54) is 4.90 Å². The van der Waals surface area contributed by atoms with E-state index in [1.54, 1.807) is 18.7 Å². The predicted octanol–water partition coefficient (Wildman–Crippen LogP) is 0.410. The van der Waals surface area contributed by atoms with Gasteiger partial charge in [-0.2, -0.15) is 0 Å². The highest BCUT2D eigenvalue weighted by Gasteiger charge is 2.60. The molecule has 29 heavy (non-hydrogen) atoms. The van der Waals surface area contributed by atoms with Crippen LogP contribution in [-0.2, 0) is 9.59 Å². The highest BCUT2D eigenvalue weighted by molar-refractivity contribution is 8.03. The monoisotopic (exact) mass is 428 g/mol. The van der Waals surface area contributed by atoms with Crippen molar-refractivity contribution in [2.75, 3.05) is 33.9 Å². The molecule has 2 fully saturated rings. The molecule has 0 saturated carbocycles. The molecule has 0 radical (unpaired) electrons. The van der Waals surface area contributed by atoms with E-state index in [4.69, 9.17) is 0 Å². The molecule has 3 aliphatic heterocycles. The standard InChI is InChI=1S/C20H33N3O5S/c1-11-16-15(12(2)25)19(26)22(16)17(20(27)28)18(11)29-14-8-13(21-9-14)6-5-7-23(3,4)10-24/h11-16,21,24-25H,5-10H2,1-4H3/p+1/t11-,12-,13+,14+,15-,16-/m1/s1. The lowest BCUT2D eigenvalue weighted by molar-refractivity contribution is -0.909. The number of quaternary nitrogens is 1. The van der Waals surface area contributed by atoms with Crippen LogP contribution in [0.5, 0.6) is 0 Å². The quantitative estimate of drug-likeness (QED) is 0.239. The van der Waals surface area contributed by atoms with Crippen molar-refractivity contribution in [3.05, 3.63) is 10.6 Å². The number of carbonyl (C=O) groups is 2. The fraction of sp³-hybridized carbons (Fsp3) is 0.800. The maximum Gasteiger partial charge on any atom is 0.353 e. The Hall–Kier alpha value is -1.13. The first kappa shape index (κ1) is 22.6. The van der Waals surface area contributed by atoms with Crippen LogP contribution in [0, 0.1) is 11.8 Å². The van der Waals surface area contributed by atoms with Gasteiger partial charge in [0.05, 0.1) is 38.7 Å². The number of aliphatic carboxylic acids is 1. The van der Waals surface area contributed by atoms with Crippen molar-refractivity contribution in [3.8, 4) is 0 Å². The Labute approximate surface area is 176 Å². The second-order valence-corrected chi connectivity index (χ2v) is 10.6. The molecule has 8 nitrogen and oxygen atoms in total. The zero-order valence-corrected chi connectivity index (χ0v) is 18.5. The van der Waals surface area contributed by atoms with Gasteiger partial charge in [-0.3, -0.25) is 4.79 Å². The van der Waals surface area contributed by atoms with Gasteiger partial charge in [0.15, 0.2) is 6.73 Å². The summed E-state index contributed by atoms with van der Waals surface area (Å²) < 4.78 is 0.590. The second-order valence-electron chi connectivity index (χ2n) is 9.30. The molecule has 164 valence electrons. The average molecular weight is 429 g/mol. The third kappa shape index (κ3) is 4.34. The van der Waals surface area contributed by atoms with Crippen LogP contribution < -0.4 is 5.32 Å². The number of carboxylic acid groups (broad SMARTS) is 1.